The summed E-state index contributed by atoms with van der Waals surface area (Å²) in [5.74, 6) is 1.59. The number of ether oxygens (including phenoxy) is 1. The van der Waals surface area contributed by atoms with E-state index in [2.05, 4.69) is 29.0 Å². The number of phenols is 1. The van der Waals surface area contributed by atoms with Crippen LogP contribution >= 0.6 is 0 Å². The molecule has 1 saturated carbocycles. The quantitative estimate of drug-likeness (QED) is 0.376. The van der Waals surface area contributed by atoms with E-state index in [1.54, 1.807) is 6.07 Å². The van der Waals surface area contributed by atoms with Crippen LogP contribution in [0, 0.1) is 5.92 Å². The second kappa shape index (κ2) is 10.6. The maximum Gasteiger partial charge on any atom is 0.318 e. The molecule has 1 N–H and O–H groups in total. The van der Waals surface area contributed by atoms with Crippen LogP contribution in [0.1, 0.15) is 30.5 Å². The third-order valence-corrected chi connectivity index (χ3v) is 8.19. The average molecular weight is 526 g/mol. The molecule has 8 nitrogen and oxygen atoms in total. The molecule has 1 saturated heterocycles. The number of allylic oxidation sites excluding steroid dienone is 1. The highest BCUT2D eigenvalue weighted by Gasteiger charge is 2.29. The minimum atomic E-state index is -0.0319. The normalized spacial score (nSPS) is 19.3. The SMILES string of the molecule is C=CC(=O)N1CCN(c2nc(OC[C@@H]3CCC(=C)C3)nc3c2CCN(c2cc(O)cc4ccccc24)C3)CC1. The number of hydrogen-bond acceptors (Lipinski definition) is 7. The minimum Gasteiger partial charge on any atom is -0.508 e. The zero-order chi connectivity index (χ0) is 26.9. The largest absolute Gasteiger partial charge is 0.508 e. The van der Waals surface area contributed by atoms with E-state index in [0.29, 0.717) is 51.3 Å². The predicted molar refractivity (Wildman–Crippen MR) is 153 cm³/mol. The van der Waals surface area contributed by atoms with Crippen molar-refractivity contribution in [3.63, 3.8) is 0 Å². The lowest BCUT2D eigenvalue weighted by atomic mass is 10.0. The van der Waals surface area contributed by atoms with Crippen molar-refractivity contribution in [3.05, 3.63) is 72.5 Å². The molecule has 3 heterocycles. The van der Waals surface area contributed by atoms with Gasteiger partial charge >= 0.3 is 6.01 Å². The summed E-state index contributed by atoms with van der Waals surface area (Å²) in [5, 5.41) is 12.6. The maximum atomic E-state index is 12.1. The molecule has 39 heavy (non-hydrogen) atoms. The fraction of sp³-hybridized carbons (Fsp3) is 0.387. The Balaban J connectivity index is 1.31. The molecule has 3 aromatic rings. The van der Waals surface area contributed by atoms with E-state index in [1.165, 1.54) is 11.6 Å². The van der Waals surface area contributed by atoms with Gasteiger partial charge in [-0.3, -0.25) is 4.79 Å². The molecule has 2 aliphatic heterocycles. The number of anilines is 2. The van der Waals surface area contributed by atoms with Crippen molar-refractivity contribution in [1.82, 2.24) is 14.9 Å². The Morgan fingerprint density at radius 3 is 2.67 bits per heavy atom. The molecule has 0 spiro atoms. The summed E-state index contributed by atoms with van der Waals surface area (Å²) in [7, 11) is 0. The molecular weight excluding hydrogens is 490 g/mol. The number of carbonyl (C=O) groups is 1. The second-order valence-electron chi connectivity index (χ2n) is 10.8. The minimum absolute atomic E-state index is 0.0319. The molecule has 8 heteroatoms. The fourth-order valence-electron chi connectivity index (χ4n) is 6.08. The van der Waals surface area contributed by atoms with E-state index < -0.39 is 0 Å². The standard InChI is InChI=1S/C31H35N5O3/c1-3-29(38)34-12-14-35(15-13-34)30-26-10-11-36(28-18-24(37)17-23-6-4-5-7-25(23)28)19-27(26)32-31(33-30)39-20-22-9-8-21(2)16-22/h3-7,17-18,22,37H,1-2,8-16,19-20H2/t22-/m1/s1. The maximum absolute atomic E-state index is 12.1. The van der Waals surface area contributed by atoms with Crippen molar-refractivity contribution in [2.75, 3.05) is 49.1 Å². The molecule has 0 unspecified atom stereocenters. The first kappa shape index (κ1) is 25.2. The summed E-state index contributed by atoms with van der Waals surface area (Å²) in [5.41, 5.74) is 4.38. The predicted octanol–water partition coefficient (Wildman–Crippen LogP) is 4.47. The number of aromatic nitrogens is 2. The number of aromatic hydroxyl groups is 1. The van der Waals surface area contributed by atoms with Crippen LogP contribution in [-0.2, 0) is 17.8 Å². The van der Waals surface area contributed by atoms with Crippen LogP contribution in [0.3, 0.4) is 0 Å². The van der Waals surface area contributed by atoms with Gasteiger partial charge in [0, 0.05) is 55.4 Å². The second-order valence-corrected chi connectivity index (χ2v) is 10.8. The molecule has 2 aromatic carbocycles. The number of benzene rings is 2. The van der Waals surface area contributed by atoms with Gasteiger partial charge in [-0.15, -0.1) is 0 Å². The van der Waals surface area contributed by atoms with E-state index in [4.69, 9.17) is 14.7 Å². The first-order valence-corrected chi connectivity index (χ1v) is 13.8. The molecular formula is C31H35N5O3. The third kappa shape index (κ3) is 5.15. The molecule has 0 radical (unpaired) electrons. The number of carbonyl (C=O) groups excluding carboxylic acids is 1. The van der Waals surface area contributed by atoms with Crippen molar-refractivity contribution < 1.29 is 14.6 Å². The molecule has 1 amide bonds. The van der Waals surface area contributed by atoms with Gasteiger partial charge in [-0.25, -0.2) is 0 Å². The van der Waals surface area contributed by atoms with Crippen molar-refractivity contribution >= 4 is 28.2 Å². The van der Waals surface area contributed by atoms with Crippen molar-refractivity contribution in [2.24, 2.45) is 5.92 Å². The zero-order valence-electron chi connectivity index (χ0n) is 22.3. The van der Waals surface area contributed by atoms with Gasteiger partial charge in [-0.1, -0.05) is 43.0 Å². The average Bonchev–Trinajstić information content (AvgIpc) is 3.39. The summed E-state index contributed by atoms with van der Waals surface area (Å²) in [4.78, 5) is 28.4. The molecule has 1 atom stereocenters. The first-order chi connectivity index (χ1) is 19.0. The summed E-state index contributed by atoms with van der Waals surface area (Å²) >= 11 is 0. The molecule has 3 aliphatic rings. The number of piperazine rings is 1. The number of amides is 1. The lowest BCUT2D eigenvalue weighted by Gasteiger charge is -2.38. The molecule has 0 bridgehead atoms. The Labute approximate surface area is 229 Å². The van der Waals surface area contributed by atoms with Crippen LogP contribution in [-0.4, -0.2) is 65.2 Å². The highest BCUT2D eigenvalue weighted by atomic mass is 16.5. The van der Waals surface area contributed by atoms with E-state index in [1.807, 2.05) is 29.2 Å². The van der Waals surface area contributed by atoms with Crippen LogP contribution in [0.15, 0.2) is 61.2 Å². The van der Waals surface area contributed by atoms with Crippen LogP contribution in [0.4, 0.5) is 11.5 Å². The number of phenolic OH excluding ortho intramolecular Hbond substituents is 1. The van der Waals surface area contributed by atoms with Crippen LogP contribution in [0.2, 0.25) is 0 Å². The molecule has 1 aromatic heterocycles. The van der Waals surface area contributed by atoms with Gasteiger partial charge < -0.3 is 24.5 Å². The first-order valence-electron chi connectivity index (χ1n) is 13.8. The van der Waals surface area contributed by atoms with Gasteiger partial charge in [-0.05, 0) is 49.1 Å². The van der Waals surface area contributed by atoms with Gasteiger partial charge in [0.05, 0.1) is 18.8 Å². The molecule has 1 aliphatic carbocycles. The Kier molecular flexibility index (Phi) is 6.85. The van der Waals surface area contributed by atoms with Crippen molar-refractivity contribution in [3.8, 4) is 11.8 Å². The van der Waals surface area contributed by atoms with Crippen molar-refractivity contribution in [2.45, 2.75) is 32.2 Å². The van der Waals surface area contributed by atoms with Crippen LogP contribution in [0.5, 0.6) is 11.8 Å². The van der Waals surface area contributed by atoms with E-state index >= 15 is 0 Å². The summed E-state index contributed by atoms with van der Waals surface area (Å²) in [6, 6.07) is 12.2. The Morgan fingerprint density at radius 1 is 1.08 bits per heavy atom. The number of nitrogens with zero attached hydrogens (tertiary/aromatic N) is 5. The highest BCUT2D eigenvalue weighted by molar-refractivity contribution is 5.95. The van der Waals surface area contributed by atoms with Crippen LogP contribution in [0.25, 0.3) is 10.8 Å². The summed E-state index contributed by atoms with van der Waals surface area (Å²) in [6.07, 6.45) is 5.31. The van der Waals surface area contributed by atoms with Gasteiger partial charge in [0.1, 0.15) is 11.6 Å². The van der Waals surface area contributed by atoms with Gasteiger partial charge in [-0.2, -0.15) is 9.97 Å². The van der Waals surface area contributed by atoms with Gasteiger partial charge in [0.15, 0.2) is 0 Å². The Morgan fingerprint density at radius 2 is 1.90 bits per heavy atom. The van der Waals surface area contributed by atoms with E-state index in [-0.39, 0.29) is 11.7 Å². The lowest BCUT2D eigenvalue weighted by Crippen LogP contribution is -2.49. The monoisotopic (exact) mass is 525 g/mol. The molecule has 2 fully saturated rings. The van der Waals surface area contributed by atoms with Crippen molar-refractivity contribution in [1.29, 1.82) is 0 Å². The molecule has 6 rings (SSSR count). The number of fused-ring (bicyclic) bond motifs is 2. The van der Waals surface area contributed by atoms with E-state index in [0.717, 1.165) is 65.8 Å². The highest BCUT2D eigenvalue weighted by Crippen LogP contribution is 2.37. The lowest BCUT2D eigenvalue weighted by molar-refractivity contribution is -0.126. The smallest absolute Gasteiger partial charge is 0.318 e. The Hall–Kier alpha value is -4.07. The zero-order valence-corrected chi connectivity index (χ0v) is 22.3. The summed E-state index contributed by atoms with van der Waals surface area (Å²) < 4.78 is 6.22. The number of hydrogen-bond donors (Lipinski definition) is 1. The third-order valence-electron chi connectivity index (χ3n) is 8.19. The topological polar surface area (TPSA) is 82.0 Å². The number of rotatable bonds is 6. The van der Waals surface area contributed by atoms with Gasteiger partial charge in [0.2, 0.25) is 5.91 Å². The van der Waals surface area contributed by atoms with E-state index in [9.17, 15) is 9.90 Å². The fourth-order valence-corrected chi connectivity index (χ4v) is 6.08. The summed E-state index contributed by atoms with van der Waals surface area (Å²) in [6.45, 7) is 12.4. The molecule has 202 valence electrons. The van der Waals surface area contributed by atoms with Crippen LogP contribution < -0.4 is 14.5 Å². The van der Waals surface area contributed by atoms with Gasteiger partial charge in [0.25, 0.3) is 0 Å². The Bertz CT molecular complexity index is 1430.